The number of hydrogen-bond donors (Lipinski definition) is 1. The predicted molar refractivity (Wildman–Crippen MR) is 76.0 cm³/mol. The topological polar surface area (TPSA) is 85.1 Å². The second-order valence-electron chi connectivity index (χ2n) is 4.77. The number of benzene rings is 1. The molecule has 0 radical (unpaired) electrons. The van der Waals surface area contributed by atoms with Crippen molar-refractivity contribution in [3.05, 3.63) is 41.5 Å². The highest BCUT2D eigenvalue weighted by Gasteiger charge is 2.17. The molecule has 0 atom stereocenters. The molecule has 1 N–H and O–H groups in total. The third-order valence-corrected chi connectivity index (χ3v) is 4.55. The first kappa shape index (κ1) is 14.5. The average Bonchev–Trinajstić information content (AvgIpc) is 2.77. The van der Waals surface area contributed by atoms with Gasteiger partial charge in [0.2, 0.25) is 15.9 Å². The quantitative estimate of drug-likeness (QED) is 0.913. The normalized spacial score (nSPS) is 11.8. The van der Waals surface area contributed by atoms with Crippen LogP contribution in [0.15, 0.2) is 28.8 Å². The molecule has 6 nitrogen and oxygen atoms in total. The van der Waals surface area contributed by atoms with E-state index in [0.717, 1.165) is 5.56 Å². The predicted octanol–water partition coefficient (Wildman–Crippen LogP) is 2.12. The number of hydrogen-bond acceptors (Lipinski definition) is 5. The van der Waals surface area contributed by atoms with Gasteiger partial charge in [0.25, 0.3) is 0 Å². The Balaban J connectivity index is 2.27. The van der Waals surface area contributed by atoms with Crippen LogP contribution in [0.5, 0.6) is 0 Å². The van der Waals surface area contributed by atoms with Crippen LogP contribution >= 0.6 is 0 Å². The number of rotatable bonds is 5. The molecule has 0 bridgehead atoms. The number of para-hydroxylation sites is 1. The summed E-state index contributed by atoms with van der Waals surface area (Å²) >= 11 is 0. The zero-order chi connectivity index (χ0) is 14.8. The van der Waals surface area contributed by atoms with Crippen LogP contribution in [0.4, 0.5) is 5.69 Å². The summed E-state index contributed by atoms with van der Waals surface area (Å²) in [5.41, 5.74) is 1.33. The number of anilines is 1. The van der Waals surface area contributed by atoms with Gasteiger partial charge in [-0.25, -0.2) is 8.42 Å². The van der Waals surface area contributed by atoms with Gasteiger partial charge in [-0.05, 0) is 32.4 Å². The lowest BCUT2D eigenvalue weighted by atomic mass is 10.1. The maximum absolute atomic E-state index is 11.9. The Bertz CT molecular complexity index is 692. The monoisotopic (exact) mass is 295 g/mol. The van der Waals surface area contributed by atoms with Crippen LogP contribution in [0.2, 0.25) is 0 Å². The van der Waals surface area contributed by atoms with E-state index in [4.69, 9.17) is 4.52 Å². The van der Waals surface area contributed by atoms with Gasteiger partial charge in [-0.15, -0.1) is 0 Å². The second kappa shape index (κ2) is 5.62. The lowest BCUT2D eigenvalue weighted by Crippen LogP contribution is -2.23. The number of aryl methyl sites for hydroxylation is 1. The van der Waals surface area contributed by atoms with Gasteiger partial charge in [0, 0.05) is 0 Å². The summed E-state index contributed by atoms with van der Waals surface area (Å²) in [6.45, 7) is 5.00. The van der Waals surface area contributed by atoms with Crippen molar-refractivity contribution in [1.82, 2.24) is 10.1 Å². The largest absolute Gasteiger partial charge is 0.339 e. The summed E-state index contributed by atoms with van der Waals surface area (Å²) in [4.78, 5) is 4.12. The van der Waals surface area contributed by atoms with Crippen LogP contribution in [0, 0.1) is 6.92 Å². The Kier molecular flexibility index (Phi) is 4.08. The molecule has 0 saturated heterocycles. The Morgan fingerprint density at radius 1 is 1.30 bits per heavy atom. The van der Waals surface area contributed by atoms with E-state index < -0.39 is 15.3 Å². The van der Waals surface area contributed by atoms with Crippen LogP contribution in [-0.4, -0.2) is 23.8 Å². The molecule has 2 aromatic rings. The third kappa shape index (κ3) is 3.36. The van der Waals surface area contributed by atoms with Crippen molar-refractivity contribution in [2.75, 3.05) is 4.72 Å². The molecule has 2 rings (SSSR count). The molecule has 7 heteroatoms. The van der Waals surface area contributed by atoms with E-state index >= 15 is 0 Å². The lowest BCUT2D eigenvalue weighted by Gasteiger charge is -2.13. The van der Waals surface area contributed by atoms with Crippen molar-refractivity contribution in [3.8, 4) is 0 Å². The fourth-order valence-corrected chi connectivity index (χ4v) is 2.36. The van der Waals surface area contributed by atoms with E-state index in [1.165, 1.54) is 0 Å². The summed E-state index contributed by atoms with van der Waals surface area (Å²) < 4.78 is 31.6. The van der Waals surface area contributed by atoms with Gasteiger partial charge < -0.3 is 4.52 Å². The summed E-state index contributed by atoms with van der Waals surface area (Å²) in [7, 11) is -3.38. The second-order valence-corrected chi connectivity index (χ2v) is 7.00. The third-order valence-electron chi connectivity index (χ3n) is 2.80. The van der Waals surface area contributed by atoms with E-state index in [1.54, 1.807) is 32.9 Å². The fourth-order valence-electron chi connectivity index (χ4n) is 1.62. The van der Waals surface area contributed by atoms with Crippen molar-refractivity contribution >= 4 is 15.7 Å². The Morgan fingerprint density at radius 2 is 2.00 bits per heavy atom. The van der Waals surface area contributed by atoms with E-state index in [2.05, 4.69) is 14.9 Å². The minimum atomic E-state index is -3.38. The first-order valence-electron chi connectivity index (χ1n) is 6.27. The highest BCUT2D eigenvalue weighted by molar-refractivity contribution is 7.93. The Hall–Kier alpha value is -1.89. The molecule has 0 spiro atoms. The molecule has 20 heavy (non-hydrogen) atoms. The first-order valence-corrected chi connectivity index (χ1v) is 7.82. The molecule has 0 fully saturated rings. The van der Waals surface area contributed by atoms with Crippen molar-refractivity contribution in [2.45, 2.75) is 32.4 Å². The number of nitrogens with zero attached hydrogens (tertiary/aromatic N) is 2. The maximum Gasteiger partial charge on any atom is 0.235 e. The number of nitrogens with one attached hydrogen (secondary N) is 1. The van der Waals surface area contributed by atoms with Crippen LogP contribution in [0.3, 0.4) is 0 Å². The van der Waals surface area contributed by atoms with E-state index in [-0.39, 0.29) is 0 Å². The highest BCUT2D eigenvalue weighted by Crippen LogP contribution is 2.20. The average molecular weight is 295 g/mol. The molecular weight excluding hydrogens is 278 g/mol. The van der Waals surface area contributed by atoms with Gasteiger partial charge in [0.05, 0.1) is 17.4 Å². The van der Waals surface area contributed by atoms with Crippen LogP contribution < -0.4 is 4.72 Å². The number of aromatic nitrogens is 2. The van der Waals surface area contributed by atoms with Gasteiger partial charge in [-0.3, -0.25) is 4.72 Å². The fraction of sp³-hybridized carbons (Fsp3) is 0.385. The van der Waals surface area contributed by atoms with Crippen LogP contribution in [0.1, 0.15) is 31.1 Å². The Labute approximate surface area is 118 Å². The molecule has 0 aliphatic rings. The summed E-state index contributed by atoms with van der Waals surface area (Å²) in [5.74, 6) is 1.01. The summed E-state index contributed by atoms with van der Waals surface area (Å²) in [6, 6.07) is 7.17. The van der Waals surface area contributed by atoms with Crippen molar-refractivity contribution < 1.29 is 12.9 Å². The zero-order valence-electron chi connectivity index (χ0n) is 11.6. The van der Waals surface area contributed by atoms with E-state index in [9.17, 15) is 8.42 Å². The van der Waals surface area contributed by atoms with Crippen LogP contribution in [-0.2, 0) is 16.4 Å². The van der Waals surface area contributed by atoms with Gasteiger partial charge in [0.1, 0.15) is 0 Å². The molecule has 0 amide bonds. The minimum absolute atomic E-state index is 0.387. The van der Waals surface area contributed by atoms with Gasteiger partial charge in [-0.1, -0.05) is 23.4 Å². The molecule has 0 saturated carbocycles. The lowest BCUT2D eigenvalue weighted by molar-refractivity contribution is 0.381. The van der Waals surface area contributed by atoms with Gasteiger partial charge in [-0.2, -0.15) is 4.98 Å². The molecular formula is C13H17N3O3S. The van der Waals surface area contributed by atoms with Crippen molar-refractivity contribution in [1.29, 1.82) is 0 Å². The smallest absolute Gasteiger partial charge is 0.235 e. The first-order chi connectivity index (χ1) is 9.38. The van der Waals surface area contributed by atoms with Crippen molar-refractivity contribution in [2.24, 2.45) is 0 Å². The summed E-state index contributed by atoms with van der Waals surface area (Å²) in [6.07, 6.45) is 0.387. The van der Waals surface area contributed by atoms with E-state index in [0.29, 0.717) is 23.8 Å². The highest BCUT2D eigenvalue weighted by atomic mass is 32.2. The van der Waals surface area contributed by atoms with E-state index in [1.807, 2.05) is 12.1 Å². The standard InChI is InChI=1S/C13H17N3O3S/c1-9(2)20(17,18)16-12-7-5-4-6-11(12)8-13-14-10(3)15-19-13/h4-7,9,16H,8H2,1-3H3. The SMILES string of the molecule is Cc1noc(Cc2ccccc2NS(=O)(=O)C(C)C)n1. The molecule has 1 aromatic carbocycles. The molecule has 1 heterocycles. The zero-order valence-corrected chi connectivity index (χ0v) is 12.4. The maximum atomic E-state index is 11.9. The minimum Gasteiger partial charge on any atom is -0.339 e. The Morgan fingerprint density at radius 3 is 2.60 bits per heavy atom. The summed E-state index contributed by atoms with van der Waals surface area (Å²) in [5, 5.41) is 3.22. The van der Waals surface area contributed by atoms with Crippen molar-refractivity contribution in [3.63, 3.8) is 0 Å². The van der Waals surface area contributed by atoms with Crippen LogP contribution in [0.25, 0.3) is 0 Å². The van der Waals surface area contributed by atoms with Gasteiger partial charge >= 0.3 is 0 Å². The molecule has 0 aliphatic carbocycles. The molecule has 1 aromatic heterocycles. The molecule has 108 valence electrons. The van der Waals surface area contributed by atoms with Gasteiger partial charge in [0.15, 0.2) is 5.82 Å². The number of sulfonamides is 1. The molecule has 0 unspecified atom stereocenters. The molecule has 0 aliphatic heterocycles.